The Labute approximate surface area is 124 Å². The number of rotatable bonds is 3. The first-order valence-corrected chi connectivity index (χ1v) is 7.23. The molecule has 0 radical (unpaired) electrons. The SMILES string of the molecule is O=C(O)CC1CCN(C(=O)c2ccc(Br)cc2F)CC1. The molecule has 0 aromatic heterocycles. The average Bonchev–Trinajstić information content (AvgIpc) is 2.38. The summed E-state index contributed by atoms with van der Waals surface area (Å²) in [5.74, 6) is -1.58. The highest BCUT2D eigenvalue weighted by atomic mass is 79.9. The minimum absolute atomic E-state index is 0.0601. The molecule has 1 aromatic carbocycles. The second-order valence-corrected chi connectivity index (χ2v) is 5.87. The summed E-state index contributed by atoms with van der Waals surface area (Å²) in [5, 5.41) is 8.75. The lowest BCUT2D eigenvalue weighted by Crippen LogP contribution is -2.39. The molecule has 20 heavy (non-hydrogen) atoms. The van der Waals surface area contributed by atoms with Gasteiger partial charge in [-0.15, -0.1) is 0 Å². The van der Waals surface area contributed by atoms with Crippen LogP contribution in [0.3, 0.4) is 0 Å². The molecule has 1 heterocycles. The third kappa shape index (κ3) is 3.56. The molecular weight excluding hydrogens is 329 g/mol. The van der Waals surface area contributed by atoms with Crippen molar-refractivity contribution in [1.29, 1.82) is 0 Å². The molecule has 1 aliphatic rings. The van der Waals surface area contributed by atoms with Crippen molar-refractivity contribution in [1.82, 2.24) is 4.90 Å². The number of carboxylic acids is 1. The van der Waals surface area contributed by atoms with Gasteiger partial charge in [-0.2, -0.15) is 0 Å². The molecule has 4 nitrogen and oxygen atoms in total. The summed E-state index contributed by atoms with van der Waals surface area (Å²) in [4.78, 5) is 24.4. The Morgan fingerprint density at radius 3 is 2.55 bits per heavy atom. The highest BCUT2D eigenvalue weighted by Crippen LogP contribution is 2.23. The van der Waals surface area contributed by atoms with E-state index in [1.807, 2.05) is 0 Å². The number of nitrogens with zero attached hydrogens (tertiary/aromatic N) is 1. The van der Waals surface area contributed by atoms with Gasteiger partial charge in [0.15, 0.2) is 0 Å². The van der Waals surface area contributed by atoms with E-state index < -0.39 is 11.8 Å². The molecular formula is C14H15BrFNO3. The van der Waals surface area contributed by atoms with Gasteiger partial charge in [0.2, 0.25) is 0 Å². The first kappa shape index (κ1) is 15.0. The number of piperidine rings is 1. The number of halogens is 2. The topological polar surface area (TPSA) is 57.6 Å². The number of carboxylic acid groups (broad SMARTS) is 1. The molecule has 0 bridgehead atoms. The number of carbonyl (C=O) groups excluding carboxylic acids is 1. The van der Waals surface area contributed by atoms with Gasteiger partial charge < -0.3 is 10.0 Å². The average molecular weight is 344 g/mol. The summed E-state index contributed by atoms with van der Waals surface area (Å²) >= 11 is 3.15. The molecule has 1 amide bonds. The van der Waals surface area contributed by atoms with E-state index in [0.29, 0.717) is 30.4 Å². The molecule has 0 atom stereocenters. The molecule has 0 spiro atoms. The van der Waals surface area contributed by atoms with E-state index in [1.165, 1.54) is 12.1 Å². The lowest BCUT2D eigenvalue weighted by atomic mass is 9.93. The van der Waals surface area contributed by atoms with Crippen molar-refractivity contribution in [3.05, 3.63) is 34.1 Å². The molecule has 1 fully saturated rings. The van der Waals surface area contributed by atoms with Gasteiger partial charge in [-0.25, -0.2) is 4.39 Å². The Morgan fingerprint density at radius 1 is 1.35 bits per heavy atom. The second kappa shape index (κ2) is 6.35. The predicted molar refractivity (Wildman–Crippen MR) is 75.0 cm³/mol. The van der Waals surface area contributed by atoms with Crippen LogP contribution in [0.2, 0.25) is 0 Å². The standard InChI is InChI=1S/C14H15BrFNO3/c15-10-1-2-11(12(16)8-10)14(20)17-5-3-9(4-6-17)7-13(18)19/h1-2,8-9H,3-7H2,(H,18,19). The predicted octanol–water partition coefficient (Wildman–Crippen LogP) is 2.92. The van der Waals surface area contributed by atoms with Gasteiger partial charge in [0.25, 0.3) is 5.91 Å². The van der Waals surface area contributed by atoms with E-state index in [-0.39, 0.29) is 23.8 Å². The number of benzene rings is 1. The van der Waals surface area contributed by atoms with Crippen LogP contribution in [0.4, 0.5) is 4.39 Å². The Hall–Kier alpha value is -1.43. The quantitative estimate of drug-likeness (QED) is 0.917. The lowest BCUT2D eigenvalue weighted by Gasteiger charge is -2.31. The molecule has 2 rings (SSSR count). The minimum Gasteiger partial charge on any atom is -0.481 e. The van der Waals surface area contributed by atoms with Crippen LogP contribution in [0.25, 0.3) is 0 Å². The third-order valence-corrected chi connectivity index (χ3v) is 4.02. The Morgan fingerprint density at radius 2 is 2.00 bits per heavy atom. The summed E-state index contributed by atoms with van der Waals surface area (Å²) in [7, 11) is 0. The van der Waals surface area contributed by atoms with Crippen molar-refractivity contribution < 1.29 is 19.1 Å². The van der Waals surface area contributed by atoms with Crippen molar-refractivity contribution in [3.63, 3.8) is 0 Å². The molecule has 0 unspecified atom stereocenters. The van der Waals surface area contributed by atoms with Crippen LogP contribution in [0.15, 0.2) is 22.7 Å². The van der Waals surface area contributed by atoms with E-state index in [9.17, 15) is 14.0 Å². The molecule has 0 aliphatic carbocycles. The van der Waals surface area contributed by atoms with E-state index in [1.54, 1.807) is 11.0 Å². The van der Waals surface area contributed by atoms with Crippen LogP contribution >= 0.6 is 15.9 Å². The van der Waals surface area contributed by atoms with Crippen LogP contribution < -0.4 is 0 Å². The zero-order valence-electron chi connectivity index (χ0n) is 10.8. The van der Waals surface area contributed by atoms with E-state index >= 15 is 0 Å². The maximum absolute atomic E-state index is 13.7. The number of aliphatic carboxylic acids is 1. The van der Waals surface area contributed by atoms with Gasteiger partial charge in [-0.05, 0) is 37.0 Å². The molecule has 108 valence electrons. The largest absolute Gasteiger partial charge is 0.481 e. The first-order chi connectivity index (χ1) is 9.47. The van der Waals surface area contributed by atoms with Crippen LogP contribution in [0.1, 0.15) is 29.6 Å². The second-order valence-electron chi connectivity index (χ2n) is 4.96. The van der Waals surface area contributed by atoms with Crippen molar-refractivity contribution in [2.24, 2.45) is 5.92 Å². The Kier molecular flexibility index (Phi) is 4.75. The Bertz CT molecular complexity index is 527. The number of hydrogen-bond donors (Lipinski definition) is 1. The zero-order valence-corrected chi connectivity index (χ0v) is 12.4. The zero-order chi connectivity index (χ0) is 14.7. The first-order valence-electron chi connectivity index (χ1n) is 6.43. The van der Waals surface area contributed by atoms with Gasteiger partial charge in [-0.1, -0.05) is 15.9 Å². The fourth-order valence-electron chi connectivity index (χ4n) is 2.42. The maximum Gasteiger partial charge on any atom is 0.303 e. The van der Waals surface area contributed by atoms with Gasteiger partial charge in [0.1, 0.15) is 5.82 Å². The van der Waals surface area contributed by atoms with Crippen LogP contribution in [0, 0.1) is 11.7 Å². The van der Waals surface area contributed by atoms with Gasteiger partial charge >= 0.3 is 5.97 Å². The highest BCUT2D eigenvalue weighted by Gasteiger charge is 2.26. The third-order valence-electron chi connectivity index (χ3n) is 3.53. The number of hydrogen-bond acceptors (Lipinski definition) is 2. The molecule has 6 heteroatoms. The van der Waals surface area contributed by atoms with Crippen molar-refractivity contribution in [2.75, 3.05) is 13.1 Å². The molecule has 1 saturated heterocycles. The fraction of sp³-hybridized carbons (Fsp3) is 0.429. The van der Waals surface area contributed by atoms with Gasteiger partial charge in [-0.3, -0.25) is 9.59 Å². The van der Waals surface area contributed by atoms with E-state index in [2.05, 4.69) is 15.9 Å². The molecule has 1 N–H and O–H groups in total. The summed E-state index contributed by atoms with van der Waals surface area (Å²) < 4.78 is 14.3. The van der Waals surface area contributed by atoms with Gasteiger partial charge in [0, 0.05) is 24.0 Å². The lowest BCUT2D eigenvalue weighted by molar-refractivity contribution is -0.138. The molecule has 1 aliphatic heterocycles. The highest BCUT2D eigenvalue weighted by molar-refractivity contribution is 9.10. The summed E-state index contributed by atoms with van der Waals surface area (Å²) in [6.07, 6.45) is 1.43. The maximum atomic E-state index is 13.7. The number of carbonyl (C=O) groups is 2. The van der Waals surface area contributed by atoms with Crippen molar-refractivity contribution in [2.45, 2.75) is 19.3 Å². The number of likely N-dealkylation sites (tertiary alicyclic amines) is 1. The van der Waals surface area contributed by atoms with Crippen molar-refractivity contribution >= 4 is 27.8 Å². The molecule has 0 saturated carbocycles. The van der Waals surface area contributed by atoms with Crippen LogP contribution in [0.5, 0.6) is 0 Å². The smallest absolute Gasteiger partial charge is 0.303 e. The van der Waals surface area contributed by atoms with E-state index in [0.717, 1.165) is 0 Å². The van der Waals surface area contributed by atoms with Gasteiger partial charge in [0.05, 0.1) is 5.56 Å². The summed E-state index contributed by atoms with van der Waals surface area (Å²) in [6, 6.07) is 4.36. The van der Waals surface area contributed by atoms with Crippen molar-refractivity contribution in [3.8, 4) is 0 Å². The number of amides is 1. The minimum atomic E-state index is -0.811. The summed E-state index contributed by atoms with van der Waals surface area (Å²) in [5.41, 5.74) is 0.0601. The normalized spacial score (nSPS) is 16.2. The molecule has 1 aromatic rings. The van der Waals surface area contributed by atoms with Crippen LogP contribution in [-0.4, -0.2) is 35.0 Å². The summed E-state index contributed by atoms with van der Waals surface area (Å²) in [6.45, 7) is 0.957. The Balaban J connectivity index is 1.99. The van der Waals surface area contributed by atoms with E-state index in [4.69, 9.17) is 5.11 Å². The monoisotopic (exact) mass is 343 g/mol. The fourth-order valence-corrected chi connectivity index (χ4v) is 2.75. The van der Waals surface area contributed by atoms with Crippen LogP contribution in [-0.2, 0) is 4.79 Å².